The fraction of sp³-hybridized carbons (Fsp3) is 0.462. The molecule has 1 saturated heterocycles. The Bertz CT molecular complexity index is 424. The van der Waals surface area contributed by atoms with Gasteiger partial charge in [-0.2, -0.15) is 0 Å². The predicted molar refractivity (Wildman–Crippen MR) is 72.4 cm³/mol. The highest BCUT2D eigenvalue weighted by Gasteiger charge is 2.22. The molecule has 1 amide bonds. The zero-order chi connectivity index (χ0) is 13.0. The Hall–Kier alpha value is -1.10. The molecule has 0 radical (unpaired) electrons. The fourth-order valence-corrected chi connectivity index (χ4v) is 2.50. The molecule has 3 N–H and O–H groups in total. The van der Waals surface area contributed by atoms with E-state index in [1.54, 1.807) is 0 Å². The van der Waals surface area contributed by atoms with E-state index in [9.17, 15) is 4.79 Å². The summed E-state index contributed by atoms with van der Waals surface area (Å²) >= 11 is 6.01. The van der Waals surface area contributed by atoms with E-state index in [0.717, 1.165) is 23.7 Å². The third-order valence-electron chi connectivity index (χ3n) is 3.24. The average molecular weight is 268 g/mol. The second-order valence-corrected chi connectivity index (χ2v) is 4.88. The van der Waals surface area contributed by atoms with Crippen LogP contribution >= 0.6 is 11.6 Å². The molecular weight excluding hydrogens is 250 g/mol. The Labute approximate surface area is 112 Å². The van der Waals surface area contributed by atoms with Crippen molar-refractivity contribution < 1.29 is 4.79 Å². The molecule has 1 aromatic rings. The van der Waals surface area contributed by atoms with Crippen LogP contribution in [0.25, 0.3) is 0 Å². The Morgan fingerprint density at radius 1 is 1.44 bits per heavy atom. The van der Waals surface area contributed by atoms with Gasteiger partial charge in [-0.05, 0) is 17.7 Å². The molecular formula is C13H18ClN3O. The van der Waals surface area contributed by atoms with Crippen LogP contribution in [0.15, 0.2) is 24.3 Å². The highest BCUT2D eigenvalue weighted by molar-refractivity contribution is 6.30. The summed E-state index contributed by atoms with van der Waals surface area (Å²) in [6.07, 6.45) is 0.525. The van der Waals surface area contributed by atoms with Crippen LogP contribution in [0.5, 0.6) is 0 Å². The lowest BCUT2D eigenvalue weighted by Gasteiger charge is -2.29. The van der Waals surface area contributed by atoms with Crippen LogP contribution in [0.1, 0.15) is 18.0 Å². The third kappa shape index (κ3) is 3.22. The summed E-state index contributed by atoms with van der Waals surface area (Å²) in [6.45, 7) is 2.75. The van der Waals surface area contributed by atoms with Crippen LogP contribution in [-0.4, -0.2) is 37.0 Å². The number of hydrogen-bond acceptors (Lipinski definition) is 3. The Morgan fingerprint density at radius 3 is 3.00 bits per heavy atom. The minimum Gasteiger partial charge on any atom is -0.355 e. The number of halogens is 1. The Balaban J connectivity index is 2.14. The number of hydrogen-bond donors (Lipinski definition) is 2. The lowest BCUT2D eigenvalue weighted by atomic mass is 10.1. The molecule has 0 spiro atoms. The van der Waals surface area contributed by atoms with Gasteiger partial charge in [0, 0.05) is 43.7 Å². The number of rotatable bonds is 3. The minimum atomic E-state index is 0.111. The summed E-state index contributed by atoms with van der Waals surface area (Å²) in [4.78, 5) is 13.6. The van der Waals surface area contributed by atoms with E-state index in [0.29, 0.717) is 19.5 Å². The van der Waals surface area contributed by atoms with E-state index in [1.807, 2.05) is 24.3 Å². The average Bonchev–Trinajstić information content (AvgIpc) is 2.56. The molecule has 0 saturated carbocycles. The summed E-state index contributed by atoms with van der Waals surface area (Å²) in [6, 6.07) is 7.88. The molecule has 1 aliphatic heterocycles. The van der Waals surface area contributed by atoms with Crippen molar-refractivity contribution in [1.29, 1.82) is 0 Å². The topological polar surface area (TPSA) is 58.4 Å². The van der Waals surface area contributed by atoms with E-state index in [4.69, 9.17) is 17.3 Å². The van der Waals surface area contributed by atoms with Gasteiger partial charge in [0.1, 0.15) is 0 Å². The Morgan fingerprint density at radius 2 is 2.28 bits per heavy atom. The molecule has 0 bridgehead atoms. The summed E-state index contributed by atoms with van der Waals surface area (Å²) in [7, 11) is 0. The van der Waals surface area contributed by atoms with Crippen molar-refractivity contribution in [3.05, 3.63) is 34.9 Å². The summed E-state index contributed by atoms with van der Waals surface area (Å²) < 4.78 is 0. The molecule has 4 nitrogen and oxygen atoms in total. The van der Waals surface area contributed by atoms with Gasteiger partial charge in [0.2, 0.25) is 5.91 Å². The molecule has 98 valence electrons. The van der Waals surface area contributed by atoms with Crippen molar-refractivity contribution >= 4 is 17.5 Å². The van der Waals surface area contributed by atoms with Crippen molar-refractivity contribution in [3.63, 3.8) is 0 Å². The summed E-state index contributed by atoms with van der Waals surface area (Å²) in [5.74, 6) is 0.111. The lowest BCUT2D eigenvalue weighted by Crippen LogP contribution is -2.36. The fourth-order valence-electron chi connectivity index (χ4n) is 2.31. The third-order valence-corrected chi connectivity index (χ3v) is 3.48. The number of nitrogens with one attached hydrogen (secondary N) is 1. The molecule has 2 rings (SSSR count). The quantitative estimate of drug-likeness (QED) is 0.864. The first-order chi connectivity index (χ1) is 8.70. The van der Waals surface area contributed by atoms with Crippen LogP contribution in [0.3, 0.4) is 0 Å². The maximum absolute atomic E-state index is 11.3. The minimum absolute atomic E-state index is 0.111. The molecule has 18 heavy (non-hydrogen) atoms. The van der Waals surface area contributed by atoms with Crippen molar-refractivity contribution in [2.24, 2.45) is 5.73 Å². The van der Waals surface area contributed by atoms with E-state index >= 15 is 0 Å². The number of carbonyl (C=O) groups excluding carboxylic acids is 1. The van der Waals surface area contributed by atoms with Gasteiger partial charge < -0.3 is 11.1 Å². The van der Waals surface area contributed by atoms with Gasteiger partial charge in [0.15, 0.2) is 0 Å². The second kappa shape index (κ2) is 6.18. The van der Waals surface area contributed by atoms with E-state index < -0.39 is 0 Å². The van der Waals surface area contributed by atoms with Gasteiger partial charge in [0.05, 0.1) is 0 Å². The normalized spacial score (nSPS) is 19.1. The molecule has 1 fully saturated rings. The molecule has 1 atom stereocenters. The standard InChI is InChI=1S/C13H18ClN3O/c14-11-3-1-2-10(8-11)12(9-15)17-6-4-13(18)16-5-7-17/h1-3,8,12H,4-7,9,15H2,(H,16,18). The van der Waals surface area contributed by atoms with Gasteiger partial charge in [-0.25, -0.2) is 0 Å². The highest BCUT2D eigenvalue weighted by Crippen LogP contribution is 2.23. The van der Waals surface area contributed by atoms with Gasteiger partial charge in [-0.3, -0.25) is 9.69 Å². The van der Waals surface area contributed by atoms with Crippen LogP contribution < -0.4 is 11.1 Å². The second-order valence-electron chi connectivity index (χ2n) is 4.44. The van der Waals surface area contributed by atoms with Gasteiger partial charge in [-0.1, -0.05) is 23.7 Å². The zero-order valence-electron chi connectivity index (χ0n) is 10.2. The van der Waals surface area contributed by atoms with E-state index in [-0.39, 0.29) is 11.9 Å². The first kappa shape index (κ1) is 13.3. The number of amides is 1. The summed E-state index contributed by atoms with van der Waals surface area (Å²) in [5.41, 5.74) is 6.99. The van der Waals surface area contributed by atoms with Crippen molar-refractivity contribution in [3.8, 4) is 0 Å². The van der Waals surface area contributed by atoms with Crippen molar-refractivity contribution in [2.75, 3.05) is 26.2 Å². The monoisotopic (exact) mass is 267 g/mol. The Kier molecular flexibility index (Phi) is 4.58. The van der Waals surface area contributed by atoms with Gasteiger partial charge in [-0.15, -0.1) is 0 Å². The first-order valence-electron chi connectivity index (χ1n) is 6.17. The van der Waals surface area contributed by atoms with E-state index in [1.165, 1.54) is 0 Å². The maximum Gasteiger partial charge on any atom is 0.221 e. The molecule has 0 aliphatic carbocycles. The first-order valence-corrected chi connectivity index (χ1v) is 6.55. The molecule has 5 heteroatoms. The van der Waals surface area contributed by atoms with E-state index in [2.05, 4.69) is 10.2 Å². The van der Waals surface area contributed by atoms with Gasteiger partial charge >= 0.3 is 0 Å². The molecule has 1 aliphatic rings. The van der Waals surface area contributed by atoms with Crippen molar-refractivity contribution in [2.45, 2.75) is 12.5 Å². The van der Waals surface area contributed by atoms with Crippen molar-refractivity contribution in [1.82, 2.24) is 10.2 Å². The highest BCUT2D eigenvalue weighted by atomic mass is 35.5. The SMILES string of the molecule is NCC(c1cccc(Cl)c1)N1CCNC(=O)CC1. The zero-order valence-corrected chi connectivity index (χ0v) is 11.0. The van der Waals surface area contributed by atoms with Crippen LogP contribution in [-0.2, 0) is 4.79 Å². The predicted octanol–water partition coefficient (Wildman–Crippen LogP) is 1.16. The number of benzene rings is 1. The van der Waals surface area contributed by atoms with Crippen LogP contribution in [0, 0.1) is 0 Å². The maximum atomic E-state index is 11.3. The largest absolute Gasteiger partial charge is 0.355 e. The number of nitrogens with two attached hydrogens (primary N) is 1. The molecule has 1 heterocycles. The van der Waals surface area contributed by atoms with Crippen LogP contribution in [0.2, 0.25) is 5.02 Å². The summed E-state index contributed by atoms with van der Waals surface area (Å²) in [5, 5.41) is 3.59. The van der Waals surface area contributed by atoms with Gasteiger partial charge in [0.25, 0.3) is 0 Å². The smallest absolute Gasteiger partial charge is 0.221 e. The lowest BCUT2D eigenvalue weighted by molar-refractivity contribution is -0.120. The molecule has 1 unspecified atom stereocenters. The molecule has 0 aromatic heterocycles. The number of nitrogens with zero attached hydrogens (tertiary/aromatic N) is 1. The van der Waals surface area contributed by atoms with Crippen LogP contribution in [0.4, 0.5) is 0 Å². The molecule has 1 aromatic carbocycles. The number of carbonyl (C=O) groups is 1.